The zero-order valence-corrected chi connectivity index (χ0v) is 21.6. The van der Waals surface area contributed by atoms with Crippen molar-refractivity contribution in [1.29, 1.82) is 0 Å². The highest BCUT2D eigenvalue weighted by Crippen LogP contribution is 2.31. The van der Waals surface area contributed by atoms with E-state index in [1.807, 2.05) is 48.5 Å². The van der Waals surface area contributed by atoms with Gasteiger partial charge >= 0.3 is 0 Å². The van der Waals surface area contributed by atoms with E-state index in [1.165, 1.54) is 17.8 Å². The summed E-state index contributed by atoms with van der Waals surface area (Å²) < 4.78 is 11.6. The molecular weight excluding hydrogens is 522 g/mol. The Morgan fingerprint density at radius 2 is 1.66 bits per heavy atom. The fraction of sp³-hybridized carbons (Fsp3) is 0.0690. The average molecular weight is 544 g/mol. The number of furan rings is 1. The third-order valence-electron chi connectivity index (χ3n) is 5.52. The summed E-state index contributed by atoms with van der Waals surface area (Å²) in [5.74, 6) is -0.482. The van der Waals surface area contributed by atoms with E-state index in [1.54, 1.807) is 42.5 Å². The van der Waals surface area contributed by atoms with Crippen LogP contribution in [0.3, 0.4) is 0 Å². The number of amides is 2. The third kappa shape index (κ3) is 6.34. The number of oxazole rings is 1. The molecule has 0 radical (unpaired) electrons. The Labute approximate surface area is 227 Å². The molecule has 7 nitrogen and oxygen atoms in total. The molecule has 5 aromatic rings. The Morgan fingerprint density at radius 3 is 2.47 bits per heavy atom. The maximum absolute atomic E-state index is 13.1. The molecule has 0 aliphatic heterocycles. The molecular formula is C29H22ClN3O4S. The molecule has 0 saturated carbocycles. The standard InChI is InChI=1S/C29H22ClN3O4S/c30-22-11-5-4-8-19(22)16-17-31-28(35)24(32-27(34)20-9-2-1-3-10-20)18-21-14-15-26(36-21)38-29-33-23-12-6-7-13-25(23)37-29/h1-15,18H,16-17H2,(H,31,35)(H,32,34). The SMILES string of the molecule is O=C(NCCc1ccccc1Cl)C(=Cc1ccc(Sc2nc3ccccc3o2)o1)NC(=O)c1ccccc1. The Hall–Kier alpha value is -4.27. The van der Waals surface area contributed by atoms with Crippen LogP contribution in [-0.2, 0) is 11.2 Å². The Morgan fingerprint density at radius 1 is 0.895 bits per heavy atom. The molecule has 0 saturated heterocycles. The second-order valence-corrected chi connectivity index (χ2v) is 9.54. The van der Waals surface area contributed by atoms with E-state index in [-0.39, 0.29) is 5.70 Å². The summed E-state index contributed by atoms with van der Waals surface area (Å²) in [6, 6.07) is 27.0. The van der Waals surface area contributed by atoms with Crippen LogP contribution in [-0.4, -0.2) is 23.3 Å². The quantitative estimate of drug-likeness (QED) is 0.210. The van der Waals surface area contributed by atoms with Crippen LogP contribution in [0.4, 0.5) is 0 Å². The van der Waals surface area contributed by atoms with Crippen molar-refractivity contribution in [2.45, 2.75) is 16.7 Å². The summed E-state index contributed by atoms with van der Waals surface area (Å²) in [6.45, 7) is 0.331. The van der Waals surface area contributed by atoms with Crippen molar-refractivity contribution >= 4 is 52.4 Å². The van der Waals surface area contributed by atoms with Crippen molar-refractivity contribution < 1.29 is 18.4 Å². The Kier molecular flexibility index (Phi) is 7.92. The zero-order chi connectivity index (χ0) is 26.3. The second kappa shape index (κ2) is 11.9. The molecule has 0 bridgehead atoms. The van der Waals surface area contributed by atoms with Gasteiger partial charge in [0.05, 0.1) is 0 Å². The lowest BCUT2D eigenvalue weighted by atomic mass is 10.1. The lowest BCUT2D eigenvalue weighted by molar-refractivity contribution is -0.117. The molecule has 2 aromatic heterocycles. The molecule has 0 fully saturated rings. The first-order valence-corrected chi connectivity index (χ1v) is 13.0. The molecule has 2 N–H and O–H groups in total. The van der Waals surface area contributed by atoms with Crippen molar-refractivity contribution in [3.63, 3.8) is 0 Å². The average Bonchev–Trinajstić information content (AvgIpc) is 3.55. The highest BCUT2D eigenvalue weighted by Gasteiger charge is 2.16. The fourth-order valence-corrected chi connectivity index (χ4v) is 4.59. The number of carbonyl (C=O) groups is 2. The molecule has 0 atom stereocenters. The minimum atomic E-state index is -0.453. The topological polar surface area (TPSA) is 97.4 Å². The summed E-state index contributed by atoms with van der Waals surface area (Å²) in [6.07, 6.45) is 2.03. The molecule has 0 unspecified atom stereocenters. The van der Waals surface area contributed by atoms with E-state index in [0.717, 1.165) is 11.1 Å². The van der Waals surface area contributed by atoms with Crippen LogP contribution in [0.1, 0.15) is 21.7 Å². The lowest BCUT2D eigenvalue weighted by Gasteiger charge is -2.11. The molecule has 9 heteroatoms. The molecule has 2 amide bonds. The maximum Gasteiger partial charge on any atom is 0.267 e. The molecule has 0 aliphatic rings. The van der Waals surface area contributed by atoms with E-state index >= 15 is 0 Å². The zero-order valence-electron chi connectivity index (χ0n) is 20.0. The van der Waals surface area contributed by atoms with Crippen LogP contribution < -0.4 is 10.6 Å². The normalized spacial score (nSPS) is 11.4. The summed E-state index contributed by atoms with van der Waals surface area (Å²) in [5.41, 5.74) is 2.82. The number of halogens is 1. The van der Waals surface area contributed by atoms with Gasteiger partial charge in [0.15, 0.2) is 10.7 Å². The van der Waals surface area contributed by atoms with Gasteiger partial charge in [-0.15, -0.1) is 0 Å². The second-order valence-electron chi connectivity index (χ2n) is 8.18. The largest absolute Gasteiger partial charge is 0.450 e. The minimum Gasteiger partial charge on any atom is -0.450 e. The Balaban J connectivity index is 1.32. The predicted octanol–water partition coefficient (Wildman–Crippen LogP) is 6.36. The van der Waals surface area contributed by atoms with Crippen LogP contribution in [0.5, 0.6) is 0 Å². The maximum atomic E-state index is 13.1. The van der Waals surface area contributed by atoms with Crippen LogP contribution in [0.25, 0.3) is 17.2 Å². The summed E-state index contributed by atoms with van der Waals surface area (Å²) >= 11 is 7.44. The van der Waals surface area contributed by atoms with Crippen LogP contribution >= 0.6 is 23.4 Å². The first-order chi connectivity index (χ1) is 18.5. The number of nitrogens with one attached hydrogen (secondary N) is 2. The number of carbonyl (C=O) groups excluding carboxylic acids is 2. The lowest BCUT2D eigenvalue weighted by Crippen LogP contribution is -2.35. The van der Waals surface area contributed by atoms with Gasteiger partial charge in [0.1, 0.15) is 17.0 Å². The summed E-state index contributed by atoms with van der Waals surface area (Å²) in [4.78, 5) is 30.3. The van der Waals surface area contributed by atoms with Gasteiger partial charge in [0, 0.05) is 35.0 Å². The summed E-state index contributed by atoms with van der Waals surface area (Å²) in [7, 11) is 0. The first kappa shape index (κ1) is 25.4. The third-order valence-corrected chi connectivity index (χ3v) is 6.66. The molecule has 5 rings (SSSR count). The molecule has 3 aromatic carbocycles. The number of aromatic nitrogens is 1. The molecule has 2 heterocycles. The fourth-order valence-electron chi connectivity index (χ4n) is 3.64. The van der Waals surface area contributed by atoms with Gasteiger partial charge in [-0.25, -0.2) is 4.98 Å². The number of benzene rings is 3. The van der Waals surface area contributed by atoms with Crippen molar-refractivity contribution in [3.05, 3.63) is 119 Å². The van der Waals surface area contributed by atoms with E-state index in [2.05, 4.69) is 15.6 Å². The molecule has 190 valence electrons. The highest BCUT2D eigenvalue weighted by atomic mass is 35.5. The van der Waals surface area contributed by atoms with E-state index in [9.17, 15) is 9.59 Å². The van der Waals surface area contributed by atoms with Crippen LogP contribution in [0.2, 0.25) is 5.02 Å². The van der Waals surface area contributed by atoms with Gasteiger partial charge in [-0.3, -0.25) is 9.59 Å². The van der Waals surface area contributed by atoms with Gasteiger partial charge in [0.2, 0.25) is 0 Å². The van der Waals surface area contributed by atoms with E-state index < -0.39 is 11.8 Å². The van der Waals surface area contributed by atoms with Gasteiger partial charge in [0.25, 0.3) is 17.0 Å². The monoisotopic (exact) mass is 543 g/mol. The van der Waals surface area contributed by atoms with Crippen LogP contribution in [0, 0.1) is 0 Å². The van der Waals surface area contributed by atoms with Crippen molar-refractivity contribution in [1.82, 2.24) is 15.6 Å². The molecule has 0 aliphatic carbocycles. The van der Waals surface area contributed by atoms with Gasteiger partial charge in [-0.2, -0.15) is 0 Å². The number of hydrogen-bond acceptors (Lipinski definition) is 6. The number of hydrogen-bond donors (Lipinski definition) is 2. The number of para-hydroxylation sites is 2. The number of fused-ring (bicyclic) bond motifs is 1. The summed E-state index contributed by atoms with van der Waals surface area (Å²) in [5, 5.41) is 7.14. The first-order valence-electron chi connectivity index (χ1n) is 11.8. The number of rotatable bonds is 9. The smallest absolute Gasteiger partial charge is 0.267 e. The van der Waals surface area contributed by atoms with Crippen molar-refractivity contribution in [2.75, 3.05) is 6.54 Å². The van der Waals surface area contributed by atoms with Crippen molar-refractivity contribution in [3.8, 4) is 0 Å². The predicted molar refractivity (Wildman–Crippen MR) is 147 cm³/mol. The molecule has 0 spiro atoms. The number of nitrogens with zero attached hydrogens (tertiary/aromatic N) is 1. The van der Waals surface area contributed by atoms with E-state index in [4.69, 9.17) is 20.4 Å². The van der Waals surface area contributed by atoms with Crippen molar-refractivity contribution in [2.24, 2.45) is 0 Å². The highest BCUT2D eigenvalue weighted by molar-refractivity contribution is 7.99. The minimum absolute atomic E-state index is 0.0470. The molecule has 38 heavy (non-hydrogen) atoms. The van der Waals surface area contributed by atoms with E-state index in [0.29, 0.717) is 45.2 Å². The van der Waals surface area contributed by atoms with Gasteiger partial charge in [-0.1, -0.05) is 60.1 Å². The van der Waals surface area contributed by atoms with Gasteiger partial charge in [-0.05, 0) is 54.4 Å². The van der Waals surface area contributed by atoms with Crippen LogP contribution in [0.15, 0.2) is 116 Å². The Bertz CT molecular complexity index is 1580. The van der Waals surface area contributed by atoms with Gasteiger partial charge < -0.3 is 19.5 Å².